The fourth-order valence-corrected chi connectivity index (χ4v) is 7.17. The van der Waals surface area contributed by atoms with E-state index in [2.05, 4.69) is 116 Å². The first-order valence-corrected chi connectivity index (χ1v) is 19.2. The summed E-state index contributed by atoms with van der Waals surface area (Å²) in [4.78, 5) is 0. The van der Waals surface area contributed by atoms with Crippen molar-refractivity contribution < 1.29 is 0 Å². The molecule has 1 aliphatic rings. The summed E-state index contributed by atoms with van der Waals surface area (Å²) in [6, 6.07) is 21.3. The average molecular weight is 479 g/mol. The van der Waals surface area contributed by atoms with Crippen molar-refractivity contribution in [3.63, 3.8) is 0 Å². The van der Waals surface area contributed by atoms with E-state index in [0.29, 0.717) is 5.92 Å². The Hall–Kier alpha value is -2.19. The van der Waals surface area contributed by atoms with Crippen molar-refractivity contribution in [1.29, 1.82) is 0 Å². The van der Waals surface area contributed by atoms with Crippen molar-refractivity contribution in [1.82, 2.24) is 0 Å². The van der Waals surface area contributed by atoms with Crippen LogP contribution in [0.3, 0.4) is 0 Å². The fraction of sp³-hybridized carbons (Fsp3) is 0.481. The van der Waals surface area contributed by atoms with Crippen molar-refractivity contribution >= 4 is 39.3 Å². The predicted octanol–water partition coefficient (Wildman–Crippen LogP) is 7.98. The van der Waals surface area contributed by atoms with E-state index in [0.717, 1.165) is 19.3 Å². The molecule has 0 saturated heterocycles. The lowest BCUT2D eigenvalue weighted by molar-refractivity contribution is 0.456. The van der Waals surface area contributed by atoms with Gasteiger partial charge >= 0.3 is 0 Å². The molecule has 0 radical (unpaired) electrons. The molecule has 4 nitrogen and oxygen atoms in total. The lowest BCUT2D eigenvalue weighted by atomic mass is 9.85. The van der Waals surface area contributed by atoms with E-state index in [9.17, 15) is 0 Å². The van der Waals surface area contributed by atoms with Crippen LogP contribution in [0.2, 0.25) is 39.3 Å². The number of hydrazone groups is 2. The standard InChI is InChI=1S/C27H42N4Si2/c1-23(28-30(32(2,3)4)26-14-10-8-11-15-26)22-24-18-20-25(21-19-24)29-31(33(5,6)7)27-16-12-9-13-17-27/h8-17,24H,18-22H2,1-7H3. The number of rotatable bonds is 8. The second-order valence-electron chi connectivity index (χ2n) is 11.3. The molecule has 0 N–H and O–H groups in total. The van der Waals surface area contributed by atoms with Crippen molar-refractivity contribution in [3.8, 4) is 0 Å². The van der Waals surface area contributed by atoms with Gasteiger partial charge in [-0.2, -0.15) is 10.2 Å². The maximum atomic E-state index is 5.19. The smallest absolute Gasteiger partial charge is 0.176 e. The fourth-order valence-electron chi connectivity index (χ4n) is 4.41. The normalized spacial score (nSPS) is 17.6. The van der Waals surface area contributed by atoms with Crippen molar-refractivity contribution in [2.75, 3.05) is 9.35 Å². The summed E-state index contributed by atoms with van der Waals surface area (Å²) in [7, 11) is -3.21. The molecule has 2 aromatic rings. The third-order valence-electron chi connectivity index (χ3n) is 6.05. The summed E-state index contributed by atoms with van der Waals surface area (Å²) in [5.41, 5.74) is 5.04. The van der Waals surface area contributed by atoms with E-state index < -0.39 is 16.5 Å². The van der Waals surface area contributed by atoms with Gasteiger partial charge < -0.3 is 0 Å². The van der Waals surface area contributed by atoms with Crippen molar-refractivity contribution in [2.45, 2.75) is 78.3 Å². The van der Waals surface area contributed by atoms with E-state index in [1.54, 1.807) is 0 Å². The second kappa shape index (κ2) is 10.8. The third kappa shape index (κ3) is 7.40. The Bertz CT molecular complexity index is 934. The molecule has 3 rings (SSSR count). The van der Waals surface area contributed by atoms with Crippen LogP contribution in [0.5, 0.6) is 0 Å². The van der Waals surface area contributed by atoms with E-state index in [4.69, 9.17) is 10.2 Å². The number of para-hydroxylation sites is 2. The molecule has 0 bridgehead atoms. The van der Waals surface area contributed by atoms with Gasteiger partial charge in [0.2, 0.25) is 0 Å². The Labute approximate surface area is 203 Å². The summed E-state index contributed by atoms with van der Waals surface area (Å²) in [5.74, 6) is 0.698. The maximum Gasteiger partial charge on any atom is 0.176 e. The molecule has 0 atom stereocenters. The summed E-state index contributed by atoms with van der Waals surface area (Å²) in [5, 5.41) is 10.3. The summed E-state index contributed by atoms with van der Waals surface area (Å²) in [6.45, 7) is 16.4. The van der Waals surface area contributed by atoms with Crippen LogP contribution in [-0.4, -0.2) is 27.9 Å². The van der Waals surface area contributed by atoms with Crippen LogP contribution < -0.4 is 9.35 Å². The highest BCUT2D eigenvalue weighted by molar-refractivity contribution is 6.80. The van der Waals surface area contributed by atoms with Crippen LogP contribution in [-0.2, 0) is 0 Å². The quantitative estimate of drug-likeness (QED) is 0.219. The first-order chi connectivity index (χ1) is 15.5. The van der Waals surface area contributed by atoms with Crippen molar-refractivity contribution in [2.24, 2.45) is 16.1 Å². The minimum Gasteiger partial charge on any atom is -0.295 e. The second-order valence-corrected chi connectivity index (χ2v) is 20.8. The van der Waals surface area contributed by atoms with Gasteiger partial charge in [-0.25, -0.2) is 0 Å². The van der Waals surface area contributed by atoms with Crippen molar-refractivity contribution in [3.05, 3.63) is 60.7 Å². The molecule has 2 aromatic carbocycles. The largest absolute Gasteiger partial charge is 0.295 e. The monoisotopic (exact) mass is 478 g/mol. The Morgan fingerprint density at radius 1 is 0.758 bits per heavy atom. The molecule has 0 unspecified atom stereocenters. The van der Waals surface area contributed by atoms with E-state index >= 15 is 0 Å². The highest BCUT2D eigenvalue weighted by atomic mass is 28.3. The number of anilines is 2. The lowest BCUT2D eigenvalue weighted by Crippen LogP contribution is -2.43. The van der Waals surface area contributed by atoms with Crippen LogP contribution in [0.15, 0.2) is 70.9 Å². The highest BCUT2D eigenvalue weighted by Crippen LogP contribution is 2.29. The summed E-state index contributed by atoms with van der Waals surface area (Å²) >= 11 is 0. The number of nitrogens with zero attached hydrogens (tertiary/aromatic N) is 4. The van der Waals surface area contributed by atoms with Gasteiger partial charge in [0.05, 0.1) is 0 Å². The molecule has 0 amide bonds. The molecule has 6 heteroatoms. The molecule has 1 saturated carbocycles. The first-order valence-electron chi connectivity index (χ1n) is 12.3. The Kier molecular flexibility index (Phi) is 8.35. The minimum atomic E-state index is -1.61. The Morgan fingerprint density at radius 2 is 1.21 bits per heavy atom. The van der Waals surface area contributed by atoms with Gasteiger partial charge in [0.25, 0.3) is 0 Å². The van der Waals surface area contributed by atoms with Crippen LogP contribution in [0, 0.1) is 5.92 Å². The predicted molar refractivity (Wildman–Crippen MR) is 152 cm³/mol. The van der Waals surface area contributed by atoms with E-state index in [-0.39, 0.29) is 0 Å². The highest BCUT2D eigenvalue weighted by Gasteiger charge is 2.27. The first kappa shape index (κ1) is 25.4. The van der Waals surface area contributed by atoms with E-state index in [1.165, 1.54) is 35.6 Å². The topological polar surface area (TPSA) is 31.2 Å². The molecule has 178 valence electrons. The molecule has 0 aromatic heterocycles. The molecule has 0 aliphatic heterocycles. The zero-order valence-corrected chi connectivity index (χ0v) is 23.7. The molecular formula is C27H42N4Si2. The average Bonchev–Trinajstić information content (AvgIpc) is 2.76. The van der Waals surface area contributed by atoms with Crippen LogP contribution in [0.1, 0.15) is 39.0 Å². The van der Waals surface area contributed by atoms with Gasteiger partial charge in [0, 0.05) is 22.8 Å². The van der Waals surface area contributed by atoms with Crippen LogP contribution in [0.25, 0.3) is 0 Å². The Morgan fingerprint density at radius 3 is 1.67 bits per heavy atom. The molecule has 0 heterocycles. The molecule has 1 aliphatic carbocycles. The zero-order chi connectivity index (χ0) is 24.1. The molecule has 1 fully saturated rings. The van der Waals surface area contributed by atoms with Gasteiger partial charge in [-0.05, 0) is 108 Å². The summed E-state index contributed by atoms with van der Waals surface area (Å²) in [6.07, 6.45) is 5.69. The molecular weight excluding hydrogens is 436 g/mol. The molecule has 33 heavy (non-hydrogen) atoms. The lowest BCUT2D eigenvalue weighted by Gasteiger charge is -2.34. The minimum absolute atomic E-state index is 0.698. The zero-order valence-electron chi connectivity index (χ0n) is 21.7. The SMILES string of the molecule is CC(CC1CCC(=NN(c2ccccc2)[Si](C)(C)C)CC1)=NN(c1ccccc1)[Si](C)(C)C. The van der Waals surface area contributed by atoms with Gasteiger partial charge in [-0.1, -0.05) is 36.4 Å². The molecule has 0 spiro atoms. The number of hydrogen-bond donors (Lipinski definition) is 0. The number of benzene rings is 2. The maximum absolute atomic E-state index is 5.19. The third-order valence-corrected chi connectivity index (χ3v) is 9.31. The summed E-state index contributed by atoms with van der Waals surface area (Å²) < 4.78 is 4.64. The van der Waals surface area contributed by atoms with Gasteiger partial charge in [0.1, 0.15) is 0 Å². The van der Waals surface area contributed by atoms with Crippen LogP contribution >= 0.6 is 0 Å². The number of hydrogen-bond acceptors (Lipinski definition) is 4. The van der Waals surface area contributed by atoms with E-state index in [1.807, 2.05) is 0 Å². The Balaban J connectivity index is 1.65. The van der Waals surface area contributed by atoms with Gasteiger partial charge in [0.15, 0.2) is 16.5 Å². The van der Waals surface area contributed by atoms with Crippen LogP contribution in [0.4, 0.5) is 11.4 Å². The van der Waals surface area contributed by atoms with Gasteiger partial charge in [-0.15, -0.1) is 0 Å². The van der Waals surface area contributed by atoms with Gasteiger partial charge in [-0.3, -0.25) is 9.35 Å².